The molecule has 0 aliphatic rings. The number of rotatable bonds is 11. The first kappa shape index (κ1) is 29.7. The number of thiophene rings is 1. The Morgan fingerprint density at radius 2 is 1.77 bits per heavy atom. The van der Waals surface area contributed by atoms with Gasteiger partial charge in [-0.3, -0.25) is 4.79 Å². The molecule has 0 saturated carbocycles. The number of ketones is 1. The number of carbonyl (C=O) groups excluding carboxylic acids is 3. The van der Waals surface area contributed by atoms with Crippen LogP contribution in [0.3, 0.4) is 0 Å². The minimum atomic E-state index is -0.651. The van der Waals surface area contributed by atoms with E-state index in [1.165, 1.54) is 12.1 Å². The topological polar surface area (TPSA) is 103 Å². The number of ether oxygens (including phenoxy) is 3. The average Bonchev–Trinajstić information content (AvgIpc) is 3.23. The maximum Gasteiger partial charge on any atom is 0.348 e. The maximum atomic E-state index is 13.9. The van der Waals surface area contributed by atoms with Gasteiger partial charge in [-0.15, -0.1) is 11.3 Å². The third kappa shape index (κ3) is 7.40. The first-order valence-electron chi connectivity index (χ1n) is 12.0. The second kappa shape index (κ2) is 13.8. The summed E-state index contributed by atoms with van der Waals surface area (Å²) in [5.74, 6) is -1.69. The summed E-state index contributed by atoms with van der Waals surface area (Å²) in [6, 6.07) is 13.2. The van der Waals surface area contributed by atoms with Crippen LogP contribution in [0.5, 0.6) is 5.75 Å². The van der Waals surface area contributed by atoms with E-state index in [-0.39, 0.29) is 48.1 Å². The van der Waals surface area contributed by atoms with Gasteiger partial charge < -0.3 is 14.2 Å². The van der Waals surface area contributed by atoms with Gasteiger partial charge in [0.2, 0.25) is 0 Å². The molecule has 1 heterocycles. The summed E-state index contributed by atoms with van der Waals surface area (Å²) < 4.78 is 30.3. The minimum absolute atomic E-state index is 0.0270. The highest BCUT2D eigenvalue weighted by atomic mass is 79.9. The highest BCUT2D eigenvalue weighted by Crippen LogP contribution is 2.32. The van der Waals surface area contributed by atoms with Gasteiger partial charge in [-0.05, 0) is 72.1 Å². The van der Waals surface area contributed by atoms with E-state index in [0.717, 1.165) is 11.3 Å². The highest BCUT2D eigenvalue weighted by Gasteiger charge is 2.28. The number of nitrogens with zero attached hydrogens (tertiary/aromatic N) is 1. The lowest BCUT2D eigenvalue weighted by molar-refractivity contribution is -0.114. The first-order valence-corrected chi connectivity index (χ1v) is 13.6. The lowest BCUT2D eigenvalue weighted by Gasteiger charge is -2.10. The summed E-state index contributed by atoms with van der Waals surface area (Å²) in [6.45, 7) is 5.22. The predicted molar refractivity (Wildman–Crippen MR) is 148 cm³/mol. The molecule has 2 aromatic carbocycles. The van der Waals surface area contributed by atoms with E-state index >= 15 is 0 Å². The van der Waals surface area contributed by atoms with Crippen LogP contribution in [0, 0.1) is 24.1 Å². The van der Waals surface area contributed by atoms with E-state index in [2.05, 4.69) is 15.9 Å². The number of Topliss-reactive ketones (excluding diaryl/α,β-unsaturated/α-hetero) is 1. The molecule has 0 N–H and O–H groups in total. The lowest BCUT2D eigenvalue weighted by Crippen LogP contribution is -2.12. The van der Waals surface area contributed by atoms with E-state index in [9.17, 15) is 24.0 Å². The number of carbonyl (C=O) groups is 3. The fourth-order valence-electron chi connectivity index (χ4n) is 3.64. The quantitative estimate of drug-likeness (QED) is 0.136. The summed E-state index contributed by atoms with van der Waals surface area (Å²) >= 11 is 4.39. The van der Waals surface area contributed by atoms with E-state index in [0.29, 0.717) is 31.8 Å². The molecule has 0 aliphatic carbocycles. The number of nitriles is 1. The van der Waals surface area contributed by atoms with Crippen molar-refractivity contribution >= 4 is 51.1 Å². The van der Waals surface area contributed by atoms with Crippen molar-refractivity contribution in [3.63, 3.8) is 0 Å². The summed E-state index contributed by atoms with van der Waals surface area (Å²) in [4.78, 5) is 38.7. The standard InChI is InChI=1S/C29H25BrFNO6S/c1-4-36-28(34)26-17(3)27(29(35)37-5-2)39-25(26)14-23(33)20(15-32)12-18-10-11-24(21(30)13-18)38-16-19-8-6-7-9-22(19)31/h6-13H,4-5,14,16H2,1-3H3/b20-12+. The Bertz CT molecular complexity index is 1470. The number of benzene rings is 2. The molecule has 0 atom stereocenters. The van der Waals surface area contributed by atoms with Crippen molar-refractivity contribution in [3.8, 4) is 11.8 Å². The Hall–Kier alpha value is -3.81. The summed E-state index contributed by atoms with van der Waals surface area (Å²) in [5, 5.41) is 9.70. The van der Waals surface area contributed by atoms with Crippen LogP contribution in [0.2, 0.25) is 0 Å². The molecular formula is C29H25BrFNO6S. The normalized spacial score (nSPS) is 11.0. The molecule has 10 heteroatoms. The Morgan fingerprint density at radius 1 is 1.08 bits per heavy atom. The van der Waals surface area contributed by atoms with E-state index in [4.69, 9.17) is 14.2 Å². The molecule has 0 saturated heterocycles. The molecule has 7 nitrogen and oxygen atoms in total. The van der Waals surface area contributed by atoms with Gasteiger partial charge in [0.15, 0.2) is 5.78 Å². The molecule has 0 spiro atoms. The molecule has 0 bridgehead atoms. The summed E-state index contributed by atoms with van der Waals surface area (Å²) in [6.07, 6.45) is 1.15. The monoisotopic (exact) mass is 613 g/mol. The second-order valence-electron chi connectivity index (χ2n) is 8.14. The van der Waals surface area contributed by atoms with Crippen molar-refractivity contribution in [3.05, 3.63) is 90.3 Å². The van der Waals surface area contributed by atoms with Gasteiger partial charge in [0.25, 0.3) is 0 Å². The zero-order valence-electron chi connectivity index (χ0n) is 21.5. The van der Waals surface area contributed by atoms with Crippen LogP contribution < -0.4 is 4.74 Å². The number of hydrogen-bond acceptors (Lipinski definition) is 8. The van der Waals surface area contributed by atoms with Crippen molar-refractivity contribution in [1.82, 2.24) is 0 Å². The van der Waals surface area contributed by atoms with Crippen LogP contribution in [-0.4, -0.2) is 30.9 Å². The molecular weight excluding hydrogens is 589 g/mol. The minimum Gasteiger partial charge on any atom is -0.488 e. The number of halogens is 2. The molecule has 39 heavy (non-hydrogen) atoms. The molecule has 3 aromatic rings. The van der Waals surface area contributed by atoms with Crippen molar-refractivity contribution < 1.29 is 33.0 Å². The SMILES string of the molecule is CCOC(=O)c1sc(CC(=O)/C(C#N)=C/c2ccc(OCc3ccccc3F)c(Br)c2)c(C(=O)OCC)c1C. The second-order valence-corrected chi connectivity index (χ2v) is 10.1. The zero-order valence-corrected chi connectivity index (χ0v) is 23.9. The molecule has 0 radical (unpaired) electrons. The Morgan fingerprint density at radius 3 is 2.41 bits per heavy atom. The van der Waals surface area contributed by atoms with Crippen LogP contribution in [0.25, 0.3) is 6.08 Å². The third-order valence-electron chi connectivity index (χ3n) is 5.51. The number of hydrogen-bond donors (Lipinski definition) is 0. The highest BCUT2D eigenvalue weighted by molar-refractivity contribution is 9.10. The third-order valence-corrected chi connectivity index (χ3v) is 7.40. The zero-order chi connectivity index (χ0) is 28.5. The largest absolute Gasteiger partial charge is 0.488 e. The van der Waals surface area contributed by atoms with Crippen LogP contribution in [-0.2, 0) is 27.3 Å². The molecule has 3 rings (SSSR count). The molecule has 202 valence electrons. The van der Waals surface area contributed by atoms with Crippen LogP contribution >= 0.6 is 27.3 Å². The van der Waals surface area contributed by atoms with Gasteiger partial charge in [-0.2, -0.15) is 5.26 Å². The predicted octanol–water partition coefficient (Wildman–Crippen LogP) is 6.61. The average molecular weight is 614 g/mol. The lowest BCUT2D eigenvalue weighted by atomic mass is 10.0. The fourth-order valence-corrected chi connectivity index (χ4v) is 5.33. The first-order chi connectivity index (χ1) is 18.7. The molecule has 0 fully saturated rings. The van der Waals surface area contributed by atoms with Crippen LogP contribution in [0.1, 0.15) is 55.4 Å². The van der Waals surface area contributed by atoms with Crippen molar-refractivity contribution in [2.45, 2.75) is 33.8 Å². The number of allylic oxidation sites excluding steroid dienone is 1. The van der Waals surface area contributed by atoms with Gasteiger partial charge in [0.05, 0.1) is 28.8 Å². The fraction of sp³-hybridized carbons (Fsp3) is 0.241. The van der Waals surface area contributed by atoms with Gasteiger partial charge in [-0.1, -0.05) is 24.3 Å². The molecule has 0 unspecified atom stereocenters. The molecule has 1 aromatic heterocycles. The van der Waals surface area contributed by atoms with Gasteiger partial charge in [0.1, 0.15) is 29.1 Å². The van der Waals surface area contributed by atoms with E-state index in [1.54, 1.807) is 57.2 Å². The van der Waals surface area contributed by atoms with E-state index < -0.39 is 17.7 Å². The smallest absolute Gasteiger partial charge is 0.348 e. The van der Waals surface area contributed by atoms with Gasteiger partial charge in [0, 0.05) is 16.9 Å². The van der Waals surface area contributed by atoms with Crippen LogP contribution in [0.4, 0.5) is 4.39 Å². The Kier molecular flexibility index (Phi) is 10.5. The van der Waals surface area contributed by atoms with Gasteiger partial charge >= 0.3 is 11.9 Å². The summed E-state index contributed by atoms with van der Waals surface area (Å²) in [5.41, 5.74) is 1.32. The number of esters is 2. The van der Waals surface area contributed by atoms with Gasteiger partial charge in [-0.25, -0.2) is 14.0 Å². The summed E-state index contributed by atoms with van der Waals surface area (Å²) in [7, 11) is 0. The van der Waals surface area contributed by atoms with E-state index in [1.807, 2.05) is 6.07 Å². The van der Waals surface area contributed by atoms with Crippen LogP contribution in [0.15, 0.2) is 52.5 Å². The van der Waals surface area contributed by atoms with Crippen molar-refractivity contribution in [1.29, 1.82) is 5.26 Å². The molecule has 0 amide bonds. The van der Waals surface area contributed by atoms with Crippen molar-refractivity contribution in [2.24, 2.45) is 0 Å². The maximum absolute atomic E-state index is 13.9. The Labute approximate surface area is 237 Å². The Balaban J connectivity index is 1.83. The van der Waals surface area contributed by atoms with Crippen molar-refractivity contribution in [2.75, 3.05) is 13.2 Å². The molecule has 0 aliphatic heterocycles.